The van der Waals surface area contributed by atoms with Crippen molar-refractivity contribution in [3.8, 4) is 0 Å². The Hall–Kier alpha value is -2.27. The number of rotatable bonds is 8. The molecule has 2 aromatic rings. The van der Waals surface area contributed by atoms with Gasteiger partial charge in [-0.25, -0.2) is 4.98 Å². The summed E-state index contributed by atoms with van der Waals surface area (Å²) < 4.78 is 7.34. The Balaban J connectivity index is 1.71. The van der Waals surface area contributed by atoms with Crippen molar-refractivity contribution in [3.63, 3.8) is 0 Å². The standard InChI is InChI=1S/C22H26N4O4S2/c1-14-5-4-9-25-19(14)24-18(23-8-11-30-12-10-27)16(20(25)28)13-17-21(29)26(22(31)32-17)15-6-2-3-7-15/h4-5,9,13,15,23,27H,2-3,6-8,10-12H2,1H3/b17-13-. The van der Waals surface area contributed by atoms with E-state index in [1.165, 1.54) is 16.2 Å². The lowest BCUT2D eigenvalue weighted by atomic mass is 10.2. The van der Waals surface area contributed by atoms with Crippen LogP contribution in [0.1, 0.15) is 36.8 Å². The van der Waals surface area contributed by atoms with Gasteiger partial charge in [-0.05, 0) is 37.5 Å². The lowest BCUT2D eigenvalue weighted by molar-refractivity contribution is -0.123. The molecular formula is C22H26N4O4S2. The summed E-state index contributed by atoms with van der Waals surface area (Å²) in [6.45, 7) is 2.83. The van der Waals surface area contributed by atoms with Crippen LogP contribution in [0.4, 0.5) is 5.82 Å². The van der Waals surface area contributed by atoms with Gasteiger partial charge in [-0.3, -0.25) is 18.9 Å². The highest BCUT2D eigenvalue weighted by molar-refractivity contribution is 8.26. The van der Waals surface area contributed by atoms with Crippen LogP contribution in [0.2, 0.25) is 0 Å². The molecule has 0 radical (unpaired) electrons. The highest BCUT2D eigenvalue weighted by atomic mass is 32.2. The lowest BCUT2D eigenvalue weighted by Gasteiger charge is -2.21. The third-order valence-electron chi connectivity index (χ3n) is 5.65. The van der Waals surface area contributed by atoms with Gasteiger partial charge in [0.15, 0.2) is 0 Å². The molecule has 0 aromatic carbocycles. The van der Waals surface area contributed by atoms with Crippen molar-refractivity contribution in [2.24, 2.45) is 0 Å². The van der Waals surface area contributed by atoms with Gasteiger partial charge in [0.2, 0.25) is 0 Å². The number of aliphatic hydroxyl groups excluding tert-OH is 1. The second-order valence-corrected chi connectivity index (χ2v) is 9.49. The van der Waals surface area contributed by atoms with Gasteiger partial charge < -0.3 is 15.2 Å². The van der Waals surface area contributed by atoms with E-state index in [1.807, 2.05) is 13.0 Å². The number of amides is 1. The molecule has 0 spiro atoms. The number of nitrogens with one attached hydrogen (secondary N) is 1. The maximum Gasteiger partial charge on any atom is 0.267 e. The predicted molar refractivity (Wildman–Crippen MR) is 130 cm³/mol. The Morgan fingerprint density at radius 3 is 2.88 bits per heavy atom. The summed E-state index contributed by atoms with van der Waals surface area (Å²) in [5.74, 6) is 0.251. The molecule has 0 unspecified atom stereocenters. The van der Waals surface area contributed by atoms with Crippen LogP contribution < -0.4 is 10.9 Å². The third-order valence-corrected chi connectivity index (χ3v) is 6.98. The molecule has 2 aromatic heterocycles. The van der Waals surface area contributed by atoms with E-state index < -0.39 is 0 Å². The van der Waals surface area contributed by atoms with E-state index in [9.17, 15) is 9.59 Å². The van der Waals surface area contributed by atoms with Gasteiger partial charge in [0, 0.05) is 18.8 Å². The second kappa shape index (κ2) is 10.1. The largest absolute Gasteiger partial charge is 0.394 e. The molecule has 1 aliphatic heterocycles. The van der Waals surface area contributed by atoms with Crippen LogP contribution in [0.5, 0.6) is 0 Å². The van der Waals surface area contributed by atoms with Gasteiger partial charge >= 0.3 is 0 Å². The van der Waals surface area contributed by atoms with Crippen molar-refractivity contribution in [3.05, 3.63) is 44.7 Å². The molecule has 4 rings (SSSR count). The average molecular weight is 475 g/mol. The van der Waals surface area contributed by atoms with Crippen molar-refractivity contribution in [1.29, 1.82) is 0 Å². The number of hydrogen-bond donors (Lipinski definition) is 2. The number of carbonyl (C=O) groups excluding carboxylic acids is 1. The van der Waals surface area contributed by atoms with E-state index >= 15 is 0 Å². The highest BCUT2D eigenvalue weighted by Gasteiger charge is 2.38. The Morgan fingerprint density at radius 1 is 1.34 bits per heavy atom. The number of aliphatic hydroxyl groups is 1. The van der Waals surface area contributed by atoms with Gasteiger partial charge in [-0.2, -0.15) is 0 Å². The zero-order chi connectivity index (χ0) is 22.7. The van der Waals surface area contributed by atoms with Crippen LogP contribution in [0.25, 0.3) is 11.7 Å². The normalized spacial score (nSPS) is 18.4. The van der Waals surface area contributed by atoms with Gasteiger partial charge in [-0.1, -0.05) is 42.9 Å². The van der Waals surface area contributed by atoms with Crippen LogP contribution in [0, 0.1) is 6.92 Å². The molecule has 2 fully saturated rings. The molecule has 32 heavy (non-hydrogen) atoms. The first-order valence-electron chi connectivity index (χ1n) is 10.7. The molecule has 2 aliphatic rings. The zero-order valence-corrected chi connectivity index (χ0v) is 19.5. The highest BCUT2D eigenvalue weighted by Crippen LogP contribution is 2.38. The molecule has 0 bridgehead atoms. The maximum absolute atomic E-state index is 13.4. The van der Waals surface area contributed by atoms with Crippen molar-refractivity contribution < 1.29 is 14.6 Å². The predicted octanol–water partition coefficient (Wildman–Crippen LogP) is 2.57. The number of nitrogens with zero attached hydrogens (tertiary/aromatic N) is 3. The first-order chi connectivity index (χ1) is 15.5. The fourth-order valence-corrected chi connectivity index (χ4v) is 5.46. The summed E-state index contributed by atoms with van der Waals surface area (Å²) in [6.07, 6.45) is 7.40. The van der Waals surface area contributed by atoms with Crippen molar-refractivity contribution in [1.82, 2.24) is 14.3 Å². The number of aromatic nitrogens is 2. The lowest BCUT2D eigenvalue weighted by Crippen LogP contribution is -2.36. The molecular weight excluding hydrogens is 448 g/mol. The summed E-state index contributed by atoms with van der Waals surface area (Å²) >= 11 is 6.73. The number of thioether (sulfide) groups is 1. The topological polar surface area (TPSA) is 96.2 Å². The minimum absolute atomic E-state index is 0.0527. The van der Waals surface area contributed by atoms with Crippen LogP contribution in [0.3, 0.4) is 0 Å². The van der Waals surface area contributed by atoms with Crippen molar-refractivity contribution >= 4 is 51.7 Å². The smallest absolute Gasteiger partial charge is 0.267 e. The number of anilines is 1. The monoisotopic (exact) mass is 474 g/mol. The van der Waals surface area contributed by atoms with E-state index in [1.54, 1.807) is 23.2 Å². The van der Waals surface area contributed by atoms with E-state index in [4.69, 9.17) is 22.1 Å². The van der Waals surface area contributed by atoms with E-state index in [-0.39, 0.29) is 30.7 Å². The number of carbonyl (C=O) groups is 1. The van der Waals surface area contributed by atoms with Crippen LogP contribution in [-0.4, -0.2) is 62.0 Å². The summed E-state index contributed by atoms with van der Waals surface area (Å²) in [5, 5.41) is 12.0. The molecule has 10 heteroatoms. The molecule has 1 saturated heterocycles. The number of ether oxygens (including phenoxy) is 1. The minimum Gasteiger partial charge on any atom is -0.394 e. The summed E-state index contributed by atoms with van der Waals surface area (Å²) in [6, 6.07) is 3.83. The summed E-state index contributed by atoms with van der Waals surface area (Å²) in [7, 11) is 0. The minimum atomic E-state index is -0.261. The van der Waals surface area contributed by atoms with Crippen molar-refractivity contribution in [2.45, 2.75) is 38.6 Å². The quantitative estimate of drug-likeness (QED) is 0.342. The van der Waals surface area contributed by atoms with E-state index in [0.29, 0.717) is 39.4 Å². The maximum atomic E-state index is 13.4. The van der Waals surface area contributed by atoms with Gasteiger partial charge in [0.05, 0.1) is 30.3 Å². The number of pyridine rings is 1. The SMILES string of the molecule is Cc1cccn2c(=O)c(/C=C3\SC(=S)N(C4CCCC4)C3=O)c(NCCOCCO)nc12. The van der Waals surface area contributed by atoms with Crippen LogP contribution in [-0.2, 0) is 9.53 Å². The van der Waals surface area contributed by atoms with Crippen molar-refractivity contribution in [2.75, 3.05) is 31.7 Å². The fourth-order valence-electron chi connectivity index (χ4n) is 4.07. The first kappa shape index (κ1) is 22.9. The summed E-state index contributed by atoms with van der Waals surface area (Å²) in [5.41, 5.74) is 1.46. The zero-order valence-electron chi connectivity index (χ0n) is 17.9. The number of thiocarbonyl (C=S) groups is 1. The van der Waals surface area contributed by atoms with E-state index in [2.05, 4.69) is 10.3 Å². The Morgan fingerprint density at radius 2 is 2.12 bits per heavy atom. The number of fused-ring (bicyclic) bond motifs is 1. The fraction of sp³-hybridized carbons (Fsp3) is 0.455. The first-order valence-corrected chi connectivity index (χ1v) is 11.9. The molecule has 2 N–H and O–H groups in total. The van der Waals surface area contributed by atoms with Crippen LogP contribution >= 0.6 is 24.0 Å². The molecule has 1 aliphatic carbocycles. The summed E-state index contributed by atoms with van der Waals surface area (Å²) in [4.78, 5) is 33.3. The van der Waals surface area contributed by atoms with Crippen LogP contribution in [0.15, 0.2) is 28.0 Å². The Bertz CT molecular complexity index is 1120. The molecule has 0 atom stereocenters. The molecule has 1 saturated carbocycles. The second-order valence-electron chi connectivity index (χ2n) is 7.82. The Kier molecular flexibility index (Phi) is 7.24. The van der Waals surface area contributed by atoms with Gasteiger partial charge in [0.1, 0.15) is 15.8 Å². The molecule has 3 heterocycles. The van der Waals surface area contributed by atoms with Gasteiger partial charge in [-0.15, -0.1) is 0 Å². The average Bonchev–Trinajstić information content (AvgIpc) is 3.39. The molecule has 8 nitrogen and oxygen atoms in total. The molecule has 1 amide bonds. The van der Waals surface area contributed by atoms with Gasteiger partial charge in [0.25, 0.3) is 11.5 Å². The third kappa shape index (κ3) is 4.59. The molecule has 170 valence electrons. The van der Waals surface area contributed by atoms with E-state index in [0.717, 1.165) is 31.2 Å². The number of aryl methyl sites for hydroxylation is 1. The Labute approximate surface area is 195 Å². The number of hydrogen-bond acceptors (Lipinski definition) is 8.